The van der Waals surface area contributed by atoms with Crippen molar-refractivity contribution in [1.82, 2.24) is 4.90 Å². The van der Waals surface area contributed by atoms with Gasteiger partial charge in [-0.2, -0.15) is 0 Å². The van der Waals surface area contributed by atoms with Crippen molar-refractivity contribution in [3.63, 3.8) is 0 Å². The van der Waals surface area contributed by atoms with E-state index in [1.807, 2.05) is 29.2 Å². The second kappa shape index (κ2) is 6.85. The Balaban J connectivity index is 1.49. The maximum atomic E-state index is 13.1. The maximum absolute atomic E-state index is 13.1. The largest absolute Gasteiger partial charge is 0.339 e. The molecule has 0 atom stereocenters. The first-order valence-corrected chi connectivity index (χ1v) is 9.95. The molecule has 0 bridgehead atoms. The van der Waals surface area contributed by atoms with Crippen LogP contribution in [0.25, 0.3) is 10.8 Å². The molecule has 29 heavy (non-hydrogen) atoms. The average molecular weight is 384 g/mol. The quantitative estimate of drug-likeness (QED) is 0.620. The Bertz CT molecular complexity index is 1090. The van der Waals surface area contributed by atoms with E-state index in [4.69, 9.17) is 0 Å². The Hall–Kier alpha value is -3.47. The molecule has 2 aliphatic rings. The Morgan fingerprint density at radius 2 is 1.31 bits per heavy atom. The molecule has 1 saturated heterocycles. The summed E-state index contributed by atoms with van der Waals surface area (Å²) in [5.74, 6) is -0.675. The number of rotatable bonds is 2. The van der Waals surface area contributed by atoms with Gasteiger partial charge in [0.15, 0.2) is 0 Å². The summed E-state index contributed by atoms with van der Waals surface area (Å²) in [5.41, 5.74) is 2.09. The second-order valence-electron chi connectivity index (χ2n) is 7.55. The fourth-order valence-corrected chi connectivity index (χ4v) is 4.30. The van der Waals surface area contributed by atoms with Crippen molar-refractivity contribution in [3.05, 3.63) is 77.4 Å². The van der Waals surface area contributed by atoms with Crippen LogP contribution in [0.2, 0.25) is 0 Å². The summed E-state index contributed by atoms with van der Waals surface area (Å²) in [6.07, 6.45) is 3.23. The SMILES string of the molecule is O=C(c1ccc(N2C(=O)c3cccc4cccc(c34)C2=O)cc1)N1CCCCC1. The van der Waals surface area contributed by atoms with Gasteiger partial charge in [-0.25, -0.2) is 4.90 Å². The van der Waals surface area contributed by atoms with Crippen LogP contribution in [0.3, 0.4) is 0 Å². The fourth-order valence-electron chi connectivity index (χ4n) is 4.30. The number of amides is 3. The van der Waals surface area contributed by atoms with Crippen LogP contribution in [-0.4, -0.2) is 35.7 Å². The van der Waals surface area contributed by atoms with E-state index >= 15 is 0 Å². The number of carbonyl (C=O) groups excluding carboxylic acids is 3. The molecule has 0 saturated carbocycles. The number of piperidine rings is 1. The van der Waals surface area contributed by atoms with Gasteiger partial charge in [0.1, 0.15) is 0 Å². The summed E-state index contributed by atoms with van der Waals surface area (Å²) < 4.78 is 0. The van der Waals surface area contributed by atoms with Gasteiger partial charge >= 0.3 is 0 Å². The van der Waals surface area contributed by atoms with Crippen LogP contribution < -0.4 is 4.90 Å². The molecule has 3 aromatic rings. The molecular weight excluding hydrogens is 364 g/mol. The van der Waals surface area contributed by atoms with Gasteiger partial charge < -0.3 is 4.90 Å². The first kappa shape index (κ1) is 17.6. The van der Waals surface area contributed by atoms with Gasteiger partial charge in [-0.05, 0) is 61.0 Å². The van der Waals surface area contributed by atoms with Crippen LogP contribution in [0.1, 0.15) is 50.3 Å². The number of nitrogens with zero attached hydrogens (tertiary/aromatic N) is 2. The highest BCUT2D eigenvalue weighted by molar-refractivity contribution is 6.35. The number of carbonyl (C=O) groups is 3. The summed E-state index contributed by atoms with van der Waals surface area (Å²) >= 11 is 0. The molecule has 144 valence electrons. The van der Waals surface area contributed by atoms with E-state index in [0.29, 0.717) is 27.8 Å². The van der Waals surface area contributed by atoms with Gasteiger partial charge in [0.05, 0.1) is 5.69 Å². The lowest BCUT2D eigenvalue weighted by Crippen LogP contribution is -2.40. The molecule has 0 unspecified atom stereocenters. The van der Waals surface area contributed by atoms with Gasteiger partial charge in [-0.15, -0.1) is 0 Å². The van der Waals surface area contributed by atoms with E-state index in [9.17, 15) is 14.4 Å². The van der Waals surface area contributed by atoms with Crippen molar-refractivity contribution in [1.29, 1.82) is 0 Å². The molecule has 3 amide bonds. The van der Waals surface area contributed by atoms with E-state index in [0.717, 1.165) is 37.7 Å². The highest BCUT2D eigenvalue weighted by Crippen LogP contribution is 2.32. The predicted octanol–water partition coefficient (Wildman–Crippen LogP) is 4.27. The van der Waals surface area contributed by atoms with Crippen LogP contribution in [0.4, 0.5) is 5.69 Å². The molecular formula is C24H20N2O3. The van der Waals surface area contributed by atoms with E-state index < -0.39 is 0 Å². The molecule has 0 aliphatic carbocycles. The van der Waals surface area contributed by atoms with Crippen LogP contribution in [-0.2, 0) is 0 Å². The molecule has 0 radical (unpaired) electrons. The van der Waals surface area contributed by atoms with Gasteiger partial charge in [0, 0.05) is 35.2 Å². The van der Waals surface area contributed by atoms with Crippen LogP contribution >= 0.6 is 0 Å². The molecule has 0 spiro atoms. The van der Waals surface area contributed by atoms with Crippen molar-refractivity contribution in [2.45, 2.75) is 19.3 Å². The third-order valence-electron chi connectivity index (χ3n) is 5.79. The van der Waals surface area contributed by atoms with Crippen molar-refractivity contribution in [2.24, 2.45) is 0 Å². The topological polar surface area (TPSA) is 57.7 Å². The standard InChI is InChI=1S/C24H20N2O3/c27-22(25-14-2-1-3-15-25)17-10-12-18(13-11-17)26-23(28)19-8-4-6-16-7-5-9-20(21(16)19)24(26)29/h4-13H,1-3,14-15H2. The summed E-state index contributed by atoms with van der Waals surface area (Å²) in [6, 6.07) is 17.7. The number of benzene rings is 3. The predicted molar refractivity (Wildman–Crippen MR) is 111 cm³/mol. The molecule has 0 aromatic heterocycles. The normalized spacial score (nSPS) is 16.4. The number of hydrogen-bond acceptors (Lipinski definition) is 3. The Morgan fingerprint density at radius 1 is 0.724 bits per heavy atom. The zero-order chi connectivity index (χ0) is 20.0. The average Bonchev–Trinajstić information content (AvgIpc) is 2.78. The van der Waals surface area contributed by atoms with Crippen molar-refractivity contribution in [2.75, 3.05) is 18.0 Å². The van der Waals surface area contributed by atoms with E-state index in [-0.39, 0.29) is 17.7 Å². The van der Waals surface area contributed by atoms with Crippen LogP contribution in [0, 0.1) is 0 Å². The van der Waals surface area contributed by atoms with Gasteiger partial charge in [-0.3, -0.25) is 14.4 Å². The summed E-state index contributed by atoms with van der Waals surface area (Å²) in [6.45, 7) is 1.56. The lowest BCUT2D eigenvalue weighted by molar-refractivity contribution is 0.0724. The molecule has 0 N–H and O–H groups in total. The Labute approximate surface area is 168 Å². The number of hydrogen-bond donors (Lipinski definition) is 0. The zero-order valence-corrected chi connectivity index (χ0v) is 15.9. The Morgan fingerprint density at radius 3 is 1.90 bits per heavy atom. The molecule has 5 heteroatoms. The van der Waals surface area contributed by atoms with Gasteiger partial charge in [-0.1, -0.05) is 24.3 Å². The van der Waals surface area contributed by atoms with Crippen LogP contribution in [0.15, 0.2) is 60.7 Å². The molecule has 2 aliphatic heterocycles. The van der Waals surface area contributed by atoms with Gasteiger partial charge in [0.25, 0.3) is 17.7 Å². The first-order chi connectivity index (χ1) is 14.1. The smallest absolute Gasteiger partial charge is 0.265 e. The van der Waals surface area contributed by atoms with Gasteiger partial charge in [0.2, 0.25) is 0 Å². The van der Waals surface area contributed by atoms with E-state index in [2.05, 4.69) is 0 Å². The van der Waals surface area contributed by atoms with Crippen LogP contribution in [0.5, 0.6) is 0 Å². The van der Waals surface area contributed by atoms with Crippen molar-refractivity contribution in [3.8, 4) is 0 Å². The minimum Gasteiger partial charge on any atom is -0.339 e. The van der Waals surface area contributed by atoms with Crippen molar-refractivity contribution < 1.29 is 14.4 Å². The maximum Gasteiger partial charge on any atom is 0.265 e. The fraction of sp³-hybridized carbons (Fsp3) is 0.208. The molecule has 2 heterocycles. The lowest BCUT2D eigenvalue weighted by atomic mass is 9.93. The highest BCUT2D eigenvalue weighted by atomic mass is 16.2. The van der Waals surface area contributed by atoms with Crippen molar-refractivity contribution >= 4 is 34.2 Å². The number of anilines is 1. The zero-order valence-electron chi connectivity index (χ0n) is 15.9. The second-order valence-corrected chi connectivity index (χ2v) is 7.55. The summed E-state index contributed by atoms with van der Waals surface area (Å²) in [4.78, 5) is 42.0. The lowest BCUT2D eigenvalue weighted by Gasteiger charge is -2.28. The number of likely N-dealkylation sites (tertiary alicyclic amines) is 1. The molecule has 1 fully saturated rings. The minimum absolute atomic E-state index is 0.00246. The molecule has 5 nitrogen and oxygen atoms in total. The summed E-state index contributed by atoms with van der Waals surface area (Å²) in [7, 11) is 0. The third-order valence-corrected chi connectivity index (χ3v) is 5.79. The van der Waals surface area contributed by atoms with E-state index in [1.54, 1.807) is 36.4 Å². The Kier molecular flexibility index (Phi) is 4.16. The minimum atomic E-state index is -0.339. The highest BCUT2D eigenvalue weighted by Gasteiger charge is 2.33. The molecule has 3 aromatic carbocycles. The van der Waals surface area contributed by atoms with E-state index in [1.165, 1.54) is 4.90 Å². The monoisotopic (exact) mass is 384 g/mol. The summed E-state index contributed by atoms with van der Waals surface area (Å²) in [5, 5.41) is 1.59. The third kappa shape index (κ3) is 2.81. The molecule has 5 rings (SSSR count). The first-order valence-electron chi connectivity index (χ1n) is 9.95. The number of imide groups is 1.